The van der Waals surface area contributed by atoms with E-state index in [1.807, 2.05) is 0 Å². The number of amides is 1. The Balaban J connectivity index is 1.69. The highest BCUT2D eigenvalue weighted by atomic mass is 35.5. The largest absolute Gasteiger partial charge is 0.452 e. The van der Waals surface area contributed by atoms with E-state index in [9.17, 15) is 26.4 Å². The number of halogens is 2. The number of nitrogens with one attached hydrogen (secondary N) is 1. The van der Waals surface area contributed by atoms with Gasteiger partial charge in [0, 0.05) is 19.1 Å². The van der Waals surface area contributed by atoms with Gasteiger partial charge in [0.1, 0.15) is 4.90 Å². The lowest BCUT2D eigenvalue weighted by Gasteiger charge is -2.23. The second-order valence-corrected chi connectivity index (χ2v) is 12.0. The molecule has 1 amide bonds. The fourth-order valence-corrected chi connectivity index (χ4v) is 6.90. The smallest absolute Gasteiger partial charge is 0.340 e. The Kier molecular flexibility index (Phi) is 6.68. The molecule has 2 fully saturated rings. The highest BCUT2D eigenvalue weighted by Crippen LogP contribution is 2.31. The minimum Gasteiger partial charge on any atom is -0.452 e. The number of nitrogens with zero attached hydrogens (tertiary/aromatic N) is 1. The second-order valence-electron chi connectivity index (χ2n) is 7.30. The number of sulfone groups is 1. The van der Waals surface area contributed by atoms with Crippen LogP contribution in [0.3, 0.4) is 0 Å². The Hall–Kier alpha value is -1.40. The summed E-state index contributed by atoms with van der Waals surface area (Å²) in [5.74, 6) is -1.72. The van der Waals surface area contributed by atoms with Crippen molar-refractivity contribution in [3.63, 3.8) is 0 Å². The number of hydrogen-bond donors (Lipinski definition) is 1. The molecule has 1 N–H and O–H groups in total. The molecule has 1 heterocycles. The third-order valence-corrected chi connectivity index (χ3v) is 8.95. The molecule has 166 valence electrons. The number of benzene rings is 1. The highest BCUT2D eigenvalue weighted by Gasteiger charge is 2.33. The van der Waals surface area contributed by atoms with Crippen LogP contribution in [0.4, 0.5) is 0 Å². The fraction of sp³-hybridized carbons (Fsp3) is 0.529. The number of carbonyl (C=O) groups excluding carboxylic acids is 2. The molecule has 1 saturated heterocycles. The van der Waals surface area contributed by atoms with E-state index in [2.05, 4.69) is 4.72 Å². The Morgan fingerprint density at radius 3 is 2.43 bits per heavy atom. The minimum atomic E-state index is -3.95. The Morgan fingerprint density at radius 1 is 1.20 bits per heavy atom. The monoisotopic (exact) mass is 498 g/mol. The van der Waals surface area contributed by atoms with Crippen LogP contribution in [0.1, 0.15) is 29.6 Å². The van der Waals surface area contributed by atoms with E-state index in [-0.39, 0.29) is 38.1 Å². The van der Waals surface area contributed by atoms with Crippen LogP contribution in [0.15, 0.2) is 17.0 Å². The number of esters is 1. The van der Waals surface area contributed by atoms with Crippen molar-refractivity contribution < 1.29 is 31.2 Å². The van der Waals surface area contributed by atoms with Crippen LogP contribution in [0.5, 0.6) is 0 Å². The molecule has 9 nitrogen and oxygen atoms in total. The lowest BCUT2D eigenvalue weighted by molar-refractivity contribution is -0.134. The SMILES string of the molecule is CN(C(=O)COC(=O)c1cc(S(=O)(=O)NC2CC2)c(Cl)cc1Cl)C1CCS(=O)(=O)C1. The summed E-state index contributed by atoms with van der Waals surface area (Å²) in [4.78, 5) is 25.6. The van der Waals surface area contributed by atoms with Gasteiger partial charge < -0.3 is 9.64 Å². The zero-order chi connectivity index (χ0) is 22.3. The van der Waals surface area contributed by atoms with Crippen molar-refractivity contribution in [3.8, 4) is 0 Å². The van der Waals surface area contributed by atoms with Crippen molar-refractivity contribution in [2.75, 3.05) is 25.2 Å². The molecule has 30 heavy (non-hydrogen) atoms. The van der Waals surface area contributed by atoms with E-state index >= 15 is 0 Å². The molecule has 3 rings (SSSR count). The molecule has 0 bridgehead atoms. The standard InChI is InChI=1S/C17H20Cl2N2O7S2/c1-21(11-4-5-29(24,25)9-11)16(22)8-28-17(23)12-6-15(14(19)7-13(12)18)30(26,27)20-10-2-3-10/h6-7,10-11,20H,2-5,8-9H2,1H3. The van der Waals surface area contributed by atoms with Crippen LogP contribution in [0, 0.1) is 0 Å². The van der Waals surface area contributed by atoms with Crippen LogP contribution in [0.25, 0.3) is 0 Å². The van der Waals surface area contributed by atoms with Crippen molar-refractivity contribution in [1.29, 1.82) is 0 Å². The summed E-state index contributed by atoms with van der Waals surface area (Å²) >= 11 is 12.0. The molecule has 2 aliphatic rings. The van der Waals surface area contributed by atoms with Gasteiger partial charge in [-0.25, -0.2) is 26.4 Å². The van der Waals surface area contributed by atoms with Crippen molar-refractivity contribution in [2.45, 2.75) is 36.2 Å². The zero-order valence-corrected chi connectivity index (χ0v) is 19.1. The highest BCUT2D eigenvalue weighted by molar-refractivity contribution is 7.91. The van der Waals surface area contributed by atoms with Crippen LogP contribution in [-0.2, 0) is 29.4 Å². The predicted molar refractivity (Wildman–Crippen MR) is 110 cm³/mol. The summed E-state index contributed by atoms with van der Waals surface area (Å²) in [5, 5.41) is -0.277. The normalized spacial score (nSPS) is 20.7. The average Bonchev–Trinajstić information content (AvgIpc) is 3.37. The maximum atomic E-state index is 12.4. The van der Waals surface area contributed by atoms with E-state index < -0.39 is 44.4 Å². The molecule has 1 saturated carbocycles. The number of sulfonamides is 1. The molecular formula is C17H20Cl2N2O7S2. The quantitative estimate of drug-likeness (QED) is 0.560. The van der Waals surface area contributed by atoms with Crippen molar-refractivity contribution >= 4 is 54.9 Å². The van der Waals surface area contributed by atoms with E-state index in [1.54, 1.807) is 0 Å². The van der Waals surface area contributed by atoms with Crippen molar-refractivity contribution in [3.05, 3.63) is 27.7 Å². The number of carbonyl (C=O) groups is 2. The van der Waals surface area contributed by atoms with Gasteiger partial charge in [-0.1, -0.05) is 23.2 Å². The van der Waals surface area contributed by atoms with E-state index in [0.29, 0.717) is 6.42 Å². The number of rotatable bonds is 7. The molecule has 1 atom stereocenters. The summed E-state index contributed by atoms with van der Waals surface area (Å²) in [6.45, 7) is -0.646. The lowest BCUT2D eigenvalue weighted by atomic mass is 10.2. The first kappa shape index (κ1) is 23.3. The molecule has 0 spiro atoms. The third kappa shape index (κ3) is 5.44. The van der Waals surface area contributed by atoms with Gasteiger partial charge in [0.05, 0.1) is 27.1 Å². The van der Waals surface area contributed by atoms with Gasteiger partial charge in [-0.3, -0.25) is 4.79 Å². The predicted octanol–water partition coefficient (Wildman–Crippen LogP) is 1.24. The van der Waals surface area contributed by atoms with E-state index in [4.69, 9.17) is 27.9 Å². The van der Waals surface area contributed by atoms with Gasteiger partial charge >= 0.3 is 5.97 Å². The van der Waals surface area contributed by atoms with Gasteiger partial charge in [-0.05, 0) is 31.4 Å². The lowest BCUT2D eigenvalue weighted by Crippen LogP contribution is -2.40. The molecule has 1 aromatic carbocycles. The van der Waals surface area contributed by atoms with Gasteiger partial charge in [0.2, 0.25) is 10.0 Å². The third-order valence-electron chi connectivity index (χ3n) is 4.91. The molecule has 1 unspecified atom stereocenters. The van der Waals surface area contributed by atoms with Crippen LogP contribution in [-0.4, -0.2) is 70.9 Å². The molecule has 0 aromatic heterocycles. The fourth-order valence-electron chi connectivity index (χ4n) is 2.97. The van der Waals surface area contributed by atoms with E-state index in [1.165, 1.54) is 11.9 Å². The average molecular weight is 499 g/mol. The summed E-state index contributed by atoms with van der Waals surface area (Å²) in [7, 11) is -5.69. The summed E-state index contributed by atoms with van der Waals surface area (Å²) in [5.41, 5.74) is -0.254. The van der Waals surface area contributed by atoms with Gasteiger partial charge in [-0.15, -0.1) is 0 Å². The van der Waals surface area contributed by atoms with Gasteiger partial charge in [0.15, 0.2) is 16.4 Å². The first-order chi connectivity index (χ1) is 13.9. The Bertz CT molecular complexity index is 1090. The number of hydrogen-bond acceptors (Lipinski definition) is 7. The van der Waals surface area contributed by atoms with Gasteiger partial charge in [0.25, 0.3) is 5.91 Å². The van der Waals surface area contributed by atoms with Crippen molar-refractivity contribution in [1.82, 2.24) is 9.62 Å². The Labute approximate surface area is 184 Å². The molecule has 13 heteroatoms. The summed E-state index contributed by atoms with van der Waals surface area (Å²) in [6, 6.07) is 1.49. The van der Waals surface area contributed by atoms with Crippen LogP contribution < -0.4 is 4.72 Å². The summed E-state index contributed by atoms with van der Waals surface area (Å²) in [6.07, 6.45) is 1.76. The van der Waals surface area contributed by atoms with E-state index in [0.717, 1.165) is 25.0 Å². The van der Waals surface area contributed by atoms with Crippen LogP contribution in [0.2, 0.25) is 10.0 Å². The van der Waals surface area contributed by atoms with Crippen molar-refractivity contribution in [2.24, 2.45) is 0 Å². The maximum Gasteiger partial charge on any atom is 0.340 e. The first-order valence-corrected chi connectivity index (χ1v) is 13.1. The molecule has 0 radical (unpaired) electrons. The Morgan fingerprint density at radius 2 is 1.87 bits per heavy atom. The minimum absolute atomic E-state index is 0.00159. The van der Waals surface area contributed by atoms with Crippen LogP contribution >= 0.6 is 23.2 Å². The topological polar surface area (TPSA) is 127 Å². The van der Waals surface area contributed by atoms with Gasteiger partial charge in [-0.2, -0.15) is 0 Å². The maximum absolute atomic E-state index is 12.4. The number of likely N-dealkylation sites (N-methyl/N-ethyl adjacent to an activating group) is 1. The number of ether oxygens (including phenoxy) is 1. The second kappa shape index (κ2) is 8.62. The summed E-state index contributed by atoms with van der Waals surface area (Å²) < 4.78 is 55.5. The molecule has 1 aromatic rings. The zero-order valence-electron chi connectivity index (χ0n) is 15.9. The molecule has 1 aliphatic carbocycles. The molecular weight excluding hydrogens is 479 g/mol. The first-order valence-electron chi connectivity index (χ1n) is 9.04. The molecule has 1 aliphatic heterocycles.